The Hall–Kier alpha value is -1.84. The van der Waals surface area contributed by atoms with E-state index in [0.29, 0.717) is 24.4 Å². The number of carbonyl (C=O) groups excluding carboxylic acids is 2. The van der Waals surface area contributed by atoms with Crippen LogP contribution in [0.2, 0.25) is 0 Å². The van der Waals surface area contributed by atoms with Crippen molar-refractivity contribution < 1.29 is 9.59 Å². The van der Waals surface area contributed by atoms with E-state index in [-0.39, 0.29) is 17.9 Å². The van der Waals surface area contributed by atoms with Gasteiger partial charge in [0.25, 0.3) is 5.91 Å². The number of carbonyl (C=O) groups is 2. The Morgan fingerprint density at radius 1 is 1.44 bits per heavy atom. The summed E-state index contributed by atoms with van der Waals surface area (Å²) in [6.07, 6.45) is 0.661. The standard InChI is InChI=1S/C14H18N2O2/c1-9(2)10-4-3-5-11(8-10)13(17)16-12-6-7-15-14(12)18/h3-5,8-9,12H,6-7H2,1-2H3,(H,15,18)(H,16,17). The number of hydrogen-bond donors (Lipinski definition) is 2. The molecule has 0 aliphatic carbocycles. The van der Waals surface area contributed by atoms with E-state index in [1.165, 1.54) is 0 Å². The molecule has 1 aliphatic rings. The first-order chi connectivity index (χ1) is 8.58. The van der Waals surface area contributed by atoms with Gasteiger partial charge in [0.2, 0.25) is 5.91 Å². The third-order valence-electron chi connectivity index (χ3n) is 3.17. The second-order valence-corrected chi connectivity index (χ2v) is 4.89. The number of benzene rings is 1. The number of hydrogen-bond acceptors (Lipinski definition) is 2. The van der Waals surface area contributed by atoms with Crippen molar-refractivity contribution >= 4 is 11.8 Å². The largest absolute Gasteiger partial charge is 0.354 e. The van der Waals surface area contributed by atoms with Crippen LogP contribution in [0.5, 0.6) is 0 Å². The van der Waals surface area contributed by atoms with Gasteiger partial charge >= 0.3 is 0 Å². The fraction of sp³-hybridized carbons (Fsp3) is 0.429. The molecule has 1 fully saturated rings. The lowest BCUT2D eigenvalue weighted by Crippen LogP contribution is -2.40. The average Bonchev–Trinajstić information content (AvgIpc) is 2.75. The highest BCUT2D eigenvalue weighted by molar-refractivity contribution is 5.98. The van der Waals surface area contributed by atoms with E-state index in [1.807, 2.05) is 18.2 Å². The molecule has 96 valence electrons. The quantitative estimate of drug-likeness (QED) is 0.847. The molecule has 0 bridgehead atoms. The molecule has 1 heterocycles. The lowest BCUT2D eigenvalue weighted by Gasteiger charge is -2.11. The van der Waals surface area contributed by atoms with E-state index in [2.05, 4.69) is 24.5 Å². The zero-order valence-electron chi connectivity index (χ0n) is 10.7. The summed E-state index contributed by atoms with van der Waals surface area (Å²) in [5.41, 5.74) is 1.74. The maximum atomic E-state index is 12.0. The van der Waals surface area contributed by atoms with Gasteiger partial charge in [-0.15, -0.1) is 0 Å². The summed E-state index contributed by atoms with van der Waals surface area (Å²) >= 11 is 0. The van der Waals surface area contributed by atoms with Crippen molar-refractivity contribution in [3.63, 3.8) is 0 Å². The first kappa shape index (κ1) is 12.6. The molecule has 1 aliphatic heterocycles. The van der Waals surface area contributed by atoms with E-state index in [0.717, 1.165) is 5.56 Å². The molecule has 1 unspecified atom stereocenters. The highest BCUT2D eigenvalue weighted by Gasteiger charge is 2.25. The van der Waals surface area contributed by atoms with Gasteiger partial charge in [0, 0.05) is 12.1 Å². The number of rotatable bonds is 3. The van der Waals surface area contributed by atoms with Crippen LogP contribution in [0.4, 0.5) is 0 Å². The number of nitrogens with one attached hydrogen (secondary N) is 2. The van der Waals surface area contributed by atoms with E-state index < -0.39 is 0 Å². The fourth-order valence-electron chi connectivity index (χ4n) is 2.01. The Labute approximate surface area is 107 Å². The summed E-state index contributed by atoms with van der Waals surface area (Å²) < 4.78 is 0. The van der Waals surface area contributed by atoms with Crippen molar-refractivity contribution in [2.24, 2.45) is 0 Å². The fourth-order valence-corrected chi connectivity index (χ4v) is 2.01. The third kappa shape index (κ3) is 2.70. The summed E-state index contributed by atoms with van der Waals surface area (Å²) in [5.74, 6) is 0.107. The summed E-state index contributed by atoms with van der Waals surface area (Å²) in [4.78, 5) is 23.4. The molecule has 18 heavy (non-hydrogen) atoms. The van der Waals surface area contributed by atoms with E-state index in [4.69, 9.17) is 0 Å². The van der Waals surface area contributed by atoms with Gasteiger partial charge in [0.15, 0.2) is 0 Å². The van der Waals surface area contributed by atoms with Crippen LogP contribution >= 0.6 is 0 Å². The molecule has 4 heteroatoms. The first-order valence-corrected chi connectivity index (χ1v) is 6.26. The van der Waals surface area contributed by atoms with Gasteiger partial charge in [-0.05, 0) is 30.0 Å². The van der Waals surface area contributed by atoms with Crippen molar-refractivity contribution in [3.8, 4) is 0 Å². The molecule has 1 aromatic carbocycles. The van der Waals surface area contributed by atoms with Gasteiger partial charge in [0.05, 0.1) is 0 Å². The smallest absolute Gasteiger partial charge is 0.251 e. The van der Waals surface area contributed by atoms with Gasteiger partial charge in [-0.3, -0.25) is 9.59 Å². The summed E-state index contributed by atoms with van der Waals surface area (Å²) in [5, 5.41) is 5.46. The predicted octanol–water partition coefficient (Wildman–Crippen LogP) is 1.43. The molecule has 4 nitrogen and oxygen atoms in total. The molecule has 2 rings (SSSR count). The summed E-state index contributed by atoms with van der Waals surface area (Å²) in [7, 11) is 0. The predicted molar refractivity (Wildman–Crippen MR) is 69.4 cm³/mol. The van der Waals surface area contributed by atoms with Crippen LogP contribution in [-0.4, -0.2) is 24.4 Å². The summed E-state index contributed by atoms with van der Waals surface area (Å²) in [6.45, 7) is 4.80. The maximum absolute atomic E-state index is 12.0. The lowest BCUT2D eigenvalue weighted by molar-refractivity contribution is -0.120. The maximum Gasteiger partial charge on any atom is 0.251 e. The molecule has 0 spiro atoms. The Balaban J connectivity index is 2.09. The number of amides is 2. The van der Waals surface area contributed by atoms with E-state index in [1.54, 1.807) is 6.07 Å². The van der Waals surface area contributed by atoms with Crippen LogP contribution in [0, 0.1) is 0 Å². The molecule has 2 amide bonds. The minimum Gasteiger partial charge on any atom is -0.354 e. The van der Waals surface area contributed by atoms with Gasteiger partial charge in [-0.2, -0.15) is 0 Å². The topological polar surface area (TPSA) is 58.2 Å². The highest BCUT2D eigenvalue weighted by atomic mass is 16.2. The molecular formula is C14H18N2O2. The van der Waals surface area contributed by atoms with Crippen molar-refractivity contribution in [2.75, 3.05) is 6.54 Å². The van der Waals surface area contributed by atoms with Crippen LogP contribution in [0.1, 0.15) is 42.1 Å². The average molecular weight is 246 g/mol. The van der Waals surface area contributed by atoms with Gasteiger partial charge < -0.3 is 10.6 Å². The Bertz CT molecular complexity index is 469. The molecule has 0 aromatic heterocycles. The Morgan fingerprint density at radius 2 is 2.22 bits per heavy atom. The van der Waals surface area contributed by atoms with Crippen LogP contribution < -0.4 is 10.6 Å². The SMILES string of the molecule is CC(C)c1cccc(C(=O)NC2CCNC2=O)c1. The van der Waals surface area contributed by atoms with Gasteiger partial charge in [-0.1, -0.05) is 26.0 Å². The zero-order chi connectivity index (χ0) is 13.1. The van der Waals surface area contributed by atoms with Crippen molar-refractivity contribution in [1.82, 2.24) is 10.6 Å². The van der Waals surface area contributed by atoms with Crippen LogP contribution in [-0.2, 0) is 4.79 Å². The molecule has 0 radical (unpaired) electrons. The van der Waals surface area contributed by atoms with E-state index in [9.17, 15) is 9.59 Å². The third-order valence-corrected chi connectivity index (χ3v) is 3.17. The molecule has 0 saturated carbocycles. The van der Waals surface area contributed by atoms with Gasteiger partial charge in [0.1, 0.15) is 6.04 Å². The van der Waals surface area contributed by atoms with Crippen LogP contribution in [0.25, 0.3) is 0 Å². The first-order valence-electron chi connectivity index (χ1n) is 6.26. The monoisotopic (exact) mass is 246 g/mol. The van der Waals surface area contributed by atoms with Crippen molar-refractivity contribution in [1.29, 1.82) is 0 Å². The van der Waals surface area contributed by atoms with E-state index >= 15 is 0 Å². The van der Waals surface area contributed by atoms with Crippen molar-refractivity contribution in [3.05, 3.63) is 35.4 Å². The second kappa shape index (κ2) is 5.21. The van der Waals surface area contributed by atoms with Crippen molar-refractivity contribution in [2.45, 2.75) is 32.2 Å². The highest BCUT2D eigenvalue weighted by Crippen LogP contribution is 2.15. The molecule has 1 atom stereocenters. The molecule has 1 aromatic rings. The molecule has 2 N–H and O–H groups in total. The molecule has 1 saturated heterocycles. The normalized spacial score (nSPS) is 18.8. The Kier molecular flexibility index (Phi) is 3.65. The zero-order valence-corrected chi connectivity index (χ0v) is 10.7. The minimum absolute atomic E-state index is 0.0941. The minimum atomic E-state index is -0.389. The van der Waals surface area contributed by atoms with Crippen LogP contribution in [0.15, 0.2) is 24.3 Å². The lowest BCUT2D eigenvalue weighted by atomic mass is 10.0. The van der Waals surface area contributed by atoms with Crippen LogP contribution in [0.3, 0.4) is 0 Å². The second-order valence-electron chi connectivity index (χ2n) is 4.89. The molecular weight excluding hydrogens is 228 g/mol. The van der Waals surface area contributed by atoms with Gasteiger partial charge in [-0.25, -0.2) is 0 Å². The summed E-state index contributed by atoms with van der Waals surface area (Å²) in [6, 6.07) is 7.14. The Morgan fingerprint density at radius 3 is 2.83 bits per heavy atom.